The van der Waals surface area contributed by atoms with E-state index < -0.39 is 6.04 Å². The second-order valence-corrected chi connectivity index (χ2v) is 5.11. The van der Waals surface area contributed by atoms with Crippen molar-refractivity contribution in [3.63, 3.8) is 0 Å². The Labute approximate surface area is 107 Å². The second kappa shape index (κ2) is 5.24. The molecule has 1 amide bonds. The van der Waals surface area contributed by atoms with Crippen LogP contribution in [0, 0.1) is 0 Å². The highest BCUT2D eigenvalue weighted by molar-refractivity contribution is 5.85. The van der Waals surface area contributed by atoms with Crippen LogP contribution in [0.1, 0.15) is 19.8 Å². The van der Waals surface area contributed by atoms with Gasteiger partial charge >= 0.3 is 5.97 Å². The molecule has 2 aliphatic rings. The highest BCUT2D eigenvalue weighted by atomic mass is 16.5. The van der Waals surface area contributed by atoms with Crippen LogP contribution in [-0.4, -0.2) is 61.8 Å². The van der Waals surface area contributed by atoms with Gasteiger partial charge in [0, 0.05) is 19.6 Å². The molecule has 0 aliphatic carbocycles. The summed E-state index contributed by atoms with van der Waals surface area (Å²) in [6, 6.07) is -0.432. The number of amides is 1. The topological polar surface area (TPSA) is 67.9 Å². The first kappa shape index (κ1) is 13.3. The lowest BCUT2D eigenvalue weighted by molar-refractivity contribution is -0.156. The van der Waals surface area contributed by atoms with Gasteiger partial charge in [0.1, 0.15) is 12.6 Å². The van der Waals surface area contributed by atoms with Crippen molar-refractivity contribution in [2.45, 2.75) is 31.4 Å². The van der Waals surface area contributed by atoms with E-state index in [1.165, 1.54) is 7.11 Å². The van der Waals surface area contributed by atoms with Gasteiger partial charge in [-0.3, -0.25) is 4.79 Å². The number of hydrogen-bond donors (Lipinski definition) is 1. The third kappa shape index (κ3) is 2.64. The summed E-state index contributed by atoms with van der Waals surface area (Å²) >= 11 is 0. The summed E-state index contributed by atoms with van der Waals surface area (Å²) < 4.78 is 10.3. The SMILES string of the molecule is COC(=O)C1CCCN1C(=O)COC1(C)CNC1. The minimum Gasteiger partial charge on any atom is -0.467 e. The van der Waals surface area contributed by atoms with Crippen LogP contribution in [-0.2, 0) is 19.1 Å². The van der Waals surface area contributed by atoms with Crippen LogP contribution in [0.15, 0.2) is 0 Å². The molecule has 2 rings (SSSR count). The molecule has 18 heavy (non-hydrogen) atoms. The Hall–Kier alpha value is -1.14. The van der Waals surface area contributed by atoms with Gasteiger partial charge in [-0.25, -0.2) is 4.79 Å². The fourth-order valence-corrected chi connectivity index (χ4v) is 2.34. The van der Waals surface area contributed by atoms with Crippen LogP contribution in [0.4, 0.5) is 0 Å². The first-order valence-corrected chi connectivity index (χ1v) is 6.28. The fourth-order valence-electron chi connectivity index (χ4n) is 2.34. The van der Waals surface area contributed by atoms with Crippen LogP contribution in [0.2, 0.25) is 0 Å². The average molecular weight is 256 g/mol. The van der Waals surface area contributed by atoms with Gasteiger partial charge in [0.2, 0.25) is 5.91 Å². The molecule has 1 N–H and O–H groups in total. The molecule has 0 aromatic heterocycles. The van der Waals surface area contributed by atoms with Gasteiger partial charge in [0.25, 0.3) is 0 Å². The summed E-state index contributed by atoms with van der Waals surface area (Å²) in [4.78, 5) is 25.1. The number of esters is 1. The molecule has 6 heteroatoms. The monoisotopic (exact) mass is 256 g/mol. The average Bonchev–Trinajstić information content (AvgIpc) is 2.81. The van der Waals surface area contributed by atoms with Crippen molar-refractivity contribution in [2.75, 3.05) is 33.4 Å². The zero-order valence-electron chi connectivity index (χ0n) is 10.9. The fraction of sp³-hybridized carbons (Fsp3) is 0.833. The number of carbonyl (C=O) groups is 2. The maximum absolute atomic E-state index is 12.0. The van der Waals surface area contributed by atoms with Crippen LogP contribution in [0.25, 0.3) is 0 Å². The van der Waals surface area contributed by atoms with Crippen molar-refractivity contribution in [3.05, 3.63) is 0 Å². The van der Waals surface area contributed by atoms with Crippen LogP contribution < -0.4 is 5.32 Å². The van der Waals surface area contributed by atoms with Gasteiger partial charge in [-0.05, 0) is 19.8 Å². The number of hydrogen-bond acceptors (Lipinski definition) is 5. The Bertz CT molecular complexity index is 341. The van der Waals surface area contributed by atoms with Crippen molar-refractivity contribution in [3.8, 4) is 0 Å². The Morgan fingerprint density at radius 3 is 2.72 bits per heavy atom. The van der Waals surface area contributed by atoms with E-state index >= 15 is 0 Å². The number of carbonyl (C=O) groups excluding carboxylic acids is 2. The molecule has 0 aromatic rings. The van der Waals surface area contributed by atoms with E-state index in [-0.39, 0.29) is 24.1 Å². The first-order chi connectivity index (χ1) is 8.56. The Morgan fingerprint density at radius 2 is 2.17 bits per heavy atom. The predicted octanol–water partition coefficient (Wildman–Crippen LogP) is -0.471. The number of rotatable bonds is 4. The summed E-state index contributed by atoms with van der Waals surface area (Å²) in [5.41, 5.74) is -0.240. The summed E-state index contributed by atoms with van der Waals surface area (Å²) in [6.45, 7) is 4.14. The molecular weight excluding hydrogens is 236 g/mol. The number of nitrogens with one attached hydrogen (secondary N) is 1. The second-order valence-electron chi connectivity index (χ2n) is 5.11. The number of nitrogens with zero attached hydrogens (tertiary/aromatic N) is 1. The van der Waals surface area contributed by atoms with Gasteiger partial charge in [0.15, 0.2) is 0 Å². The third-order valence-electron chi connectivity index (χ3n) is 3.59. The first-order valence-electron chi connectivity index (χ1n) is 6.28. The van der Waals surface area contributed by atoms with E-state index in [9.17, 15) is 9.59 Å². The van der Waals surface area contributed by atoms with Crippen LogP contribution >= 0.6 is 0 Å². The number of ether oxygens (including phenoxy) is 2. The molecular formula is C12H20N2O4. The molecule has 2 saturated heterocycles. The van der Waals surface area contributed by atoms with E-state index in [0.29, 0.717) is 13.0 Å². The molecule has 0 spiro atoms. The molecule has 0 radical (unpaired) electrons. The lowest BCUT2D eigenvalue weighted by Crippen LogP contribution is -2.60. The van der Waals surface area contributed by atoms with Crippen LogP contribution in [0.5, 0.6) is 0 Å². The maximum atomic E-state index is 12.0. The molecule has 2 fully saturated rings. The van der Waals surface area contributed by atoms with Gasteiger partial charge in [0.05, 0.1) is 12.7 Å². The summed E-state index contributed by atoms with van der Waals surface area (Å²) in [5.74, 6) is -0.464. The molecule has 1 atom stereocenters. The summed E-state index contributed by atoms with van der Waals surface area (Å²) in [6.07, 6.45) is 1.52. The molecule has 0 aromatic carbocycles. The van der Waals surface area contributed by atoms with Gasteiger partial charge in [-0.1, -0.05) is 0 Å². The van der Waals surface area contributed by atoms with Gasteiger partial charge in [-0.2, -0.15) is 0 Å². The molecule has 0 saturated carbocycles. The van der Waals surface area contributed by atoms with Crippen LogP contribution in [0.3, 0.4) is 0 Å². The smallest absolute Gasteiger partial charge is 0.328 e. The quantitative estimate of drug-likeness (QED) is 0.689. The third-order valence-corrected chi connectivity index (χ3v) is 3.59. The van der Waals surface area contributed by atoms with Gasteiger partial charge < -0.3 is 19.7 Å². The van der Waals surface area contributed by atoms with E-state index in [2.05, 4.69) is 5.32 Å². The van der Waals surface area contributed by atoms with E-state index in [0.717, 1.165) is 19.5 Å². The lowest BCUT2D eigenvalue weighted by Gasteiger charge is -2.39. The highest BCUT2D eigenvalue weighted by Crippen LogP contribution is 2.20. The molecule has 6 nitrogen and oxygen atoms in total. The minimum absolute atomic E-state index is 0.0334. The highest BCUT2D eigenvalue weighted by Gasteiger charge is 2.37. The molecule has 0 bridgehead atoms. The molecule has 2 heterocycles. The zero-order valence-corrected chi connectivity index (χ0v) is 10.9. The zero-order chi connectivity index (χ0) is 13.2. The minimum atomic E-state index is -0.432. The van der Waals surface area contributed by atoms with Gasteiger partial charge in [-0.15, -0.1) is 0 Å². The number of methoxy groups -OCH3 is 1. The summed E-state index contributed by atoms with van der Waals surface area (Å²) in [5, 5.41) is 3.11. The Balaban J connectivity index is 1.85. The predicted molar refractivity (Wildman–Crippen MR) is 64.0 cm³/mol. The van der Waals surface area contributed by atoms with Crippen molar-refractivity contribution in [1.29, 1.82) is 0 Å². The summed E-state index contributed by atoms with van der Waals surface area (Å²) in [7, 11) is 1.35. The van der Waals surface area contributed by atoms with Crippen molar-refractivity contribution in [1.82, 2.24) is 10.2 Å². The molecule has 102 valence electrons. The van der Waals surface area contributed by atoms with E-state index in [1.54, 1.807) is 4.90 Å². The van der Waals surface area contributed by atoms with Crippen molar-refractivity contribution < 1.29 is 19.1 Å². The normalized spacial score (nSPS) is 25.7. The number of likely N-dealkylation sites (tertiary alicyclic amines) is 1. The Morgan fingerprint density at radius 1 is 1.44 bits per heavy atom. The van der Waals surface area contributed by atoms with E-state index in [1.807, 2.05) is 6.92 Å². The largest absolute Gasteiger partial charge is 0.467 e. The molecule has 1 unspecified atom stereocenters. The maximum Gasteiger partial charge on any atom is 0.328 e. The van der Waals surface area contributed by atoms with Crippen molar-refractivity contribution >= 4 is 11.9 Å². The lowest BCUT2D eigenvalue weighted by atomic mass is 10.0. The molecule has 2 aliphatic heterocycles. The Kier molecular flexibility index (Phi) is 3.87. The van der Waals surface area contributed by atoms with E-state index in [4.69, 9.17) is 9.47 Å². The standard InChI is InChI=1S/C12H20N2O4/c1-12(7-13-8-12)18-6-10(15)14-5-3-4-9(14)11(16)17-2/h9,13H,3-8H2,1-2H3. The van der Waals surface area contributed by atoms with Crippen molar-refractivity contribution in [2.24, 2.45) is 0 Å².